The molecule has 226 valence electrons. The Bertz CT molecular complexity index is 1590. The molecule has 1 amide bonds. The van der Waals surface area contributed by atoms with Crippen molar-refractivity contribution < 1.29 is 41.3 Å². The maximum absolute atomic E-state index is 14.1. The number of aromatic nitrogens is 3. The molecule has 2 heterocycles. The number of aliphatic hydroxyl groups is 1. The predicted octanol–water partition coefficient (Wildman–Crippen LogP) is 5.84. The SMILES string of the molecule is C[C@H]1[C@@H](CSc2nncn2C)O[C@@H](c2ccc(NC(=O)c3c(F)c(F)c(F)c(F)c3F)cc2)O[C@H]1c1ccc(CO)cc1. The van der Waals surface area contributed by atoms with E-state index in [1.165, 1.54) is 23.9 Å². The Labute approximate surface area is 246 Å². The molecule has 0 bridgehead atoms. The van der Waals surface area contributed by atoms with Crippen LogP contribution in [0.4, 0.5) is 27.6 Å². The van der Waals surface area contributed by atoms with Gasteiger partial charge in [-0.15, -0.1) is 10.2 Å². The molecule has 1 aliphatic rings. The lowest BCUT2D eigenvalue weighted by atomic mass is 9.91. The van der Waals surface area contributed by atoms with E-state index in [1.54, 1.807) is 35.2 Å². The average Bonchev–Trinajstić information content (AvgIpc) is 3.43. The van der Waals surface area contributed by atoms with Crippen LogP contribution < -0.4 is 5.32 Å². The molecule has 4 aromatic rings. The Morgan fingerprint density at radius 1 is 0.930 bits per heavy atom. The van der Waals surface area contributed by atoms with Crippen LogP contribution in [0.2, 0.25) is 0 Å². The zero-order chi connectivity index (χ0) is 30.8. The minimum atomic E-state index is -2.35. The molecule has 0 spiro atoms. The van der Waals surface area contributed by atoms with Crippen LogP contribution >= 0.6 is 11.8 Å². The van der Waals surface area contributed by atoms with E-state index in [4.69, 9.17) is 9.47 Å². The van der Waals surface area contributed by atoms with E-state index in [9.17, 15) is 31.9 Å². The fraction of sp³-hybridized carbons (Fsp3) is 0.276. The van der Waals surface area contributed by atoms with Crippen molar-refractivity contribution >= 4 is 23.4 Å². The third-order valence-electron chi connectivity index (χ3n) is 7.05. The zero-order valence-corrected chi connectivity index (χ0v) is 23.5. The summed E-state index contributed by atoms with van der Waals surface area (Å²) in [5.41, 5.74) is 0.613. The molecule has 4 atom stereocenters. The molecule has 14 heteroatoms. The highest BCUT2D eigenvalue weighted by Gasteiger charge is 2.38. The summed E-state index contributed by atoms with van der Waals surface area (Å²) in [4.78, 5) is 12.5. The average molecular weight is 621 g/mol. The summed E-state index contributed by atoms with van der Waals surface area (Å²) in [5, 5.41) is 20.3. The van der Waals surface area contributed by atoms with E-state index in [2.05, 4.69) is 15.5 Å². The van der Waals surface area contributed by atoms with Crippen molar-refractivity contribution in [1.82, 2.24) is 14.8 Å². The molecule has 8 nitrogen and oxygen atoms in total. The Kier molecular flexibility index (Phi) is 9.11. The van der Waals surface area contributed by atoms with Crippen molar-refractivity contribution in [3.8, 4) is 0 Å². The van der Waals surface area contributed by atoms with E-state index < -0.39 is 53.0 Å². The number of carbonyl (C=O) groups excluding carboxylic acids is 1. The number of amides is 1. The van der Waals surface area contributed by atoms with Crippen LogP contribution in [-0.2, 0) is 23.1 Å². The summed E-state index contributed by atoms with van der Waals surface area (Å²) in [6.45, 7) is 1.90. The molecule has 3 aromatic carbocycles. The number of hydrogen-bond acceptors (Lipinski definition) is 7. The van der Waals surface area contributed by atoms with E-state index in [1.807, 2.05) is 26.1 Å². The van der Waals surface area contributed by atoms with Crippen molar-refractivity contribution in [3.05, 3.63) is 106 Å². The molecule has 2 N–H and O–H groups in total. The molecular formula is C29H25F5N4O4S. The molecule has 0 aliphatic carbocycles. The number of halogens is 5. The quantitative estimate of drug-likeness (QED) is 0.111. The van der Waals surface area contributed by atoms with Crippen LogP contribution in [-0.4, -0.2) is 37.6 Å². The zero-order valence-electron chi connectivity index (χ0n) is 22.7. The number of carbonyl (C=O) groups is 1. The number of benzene rings is 3. The first kappa shape index (κ1) is 30.6. The van der Waals surface area contributed by atoms with Gasteiger partial charge in [-0.25, -0.2) is 22.0 Å². The first-order valence-corrected chi connectivity index (χ1v) is 14.0. The second kappa shape index (κ2) is 12.8. The summed E-state index contributed by atoms with van der Waals surface area (Å²) in [5.74, 6) is -12.3. The Balaban J connectivity index is 1.37. The van der Waals surface area contributed by atoms with Crippen LogP contribution in [0.3, 0.4) is 0 Å². The van der Waals surface area contributed by atoms with Gasteiger partial charge >= 0.3 is 0 Å². The van der Waals surface area contributed by atoms with Gasteiger partial charge in [0.25, 0.3) is 5.91 Å². The van der Waals surface area contributed by atoms with Crippen LogP contribution in [0.1, 0.15) is 46.4 Å². The fourth-order valence-electron chi connectivity index (χ4n) is 4.59. The van der Waals surface area contributed by atoms with Gasteiger partial charge in [-0.05, 0) is 23.3 Å². The number of ether oxygens (including phenoxy) is 2. The van der Waals surface area contributed by atoms with Gasteiger partial charge in [0.1, 0.15) is 11.9 Å². The third-order valence-corrected chi connectivity index (χ3v) is 8.17. The molecule has 1 aromatic heterocycles. The molecule has 1 aliphatic heterocycles. The summed E-state index contributed by atoms with van der Waals surface area (Å²) < 4.78 is 83.2. The molecule has 1 saturated heterocycles. The van der Waals surface area contributed by atoms with Crippen molar-refractivity contribution in [2.24, 2.45) is 13.0 Å². The van der Waals surface area contributed by atoms with E-state index in [0.29, 0.717) is 16.5 Å². The van der Waals surface area contributed by atoms with Gasteiger partial charge in [-0.1, -0.05) is 55.1 Å². The maximum Gasteiger partial charge on any atom is 0.261 e. The standard InChI is InChI=1S/C29H25F5N4O4S/c1-14-19(12-43-29-37-35-13-38(29)2)41-28(42-26(14)16-5-3-15(11-39)4-6-16)17-7-9-18(10-8-17)36-27(40)20-21(30)23(32)25(34)24(33)22(20)31/h3-10,13-14,19,26,28,39H,11-12H2,1-2H3,(H,36,40)/t14-,19+,26+,28+/m0/s1. The van der Waals surface area contributed by atoms with Crippen LogP contribution in [0.25, 0.3) is 0 Å². The maximum atomic E-state index is 14.1. The summed E-state index contributed by atoms with van der Waals surface area (Å²) in [7, 11) is 1.83. The monoisotopic (exact) mass is 620 g/mol. The lowest BCUT2D eigenvalue weighted by Gasteiger charge is -2.41. The second-order valence-corrected chi connectivity index (χ2v) is 10.9. The number of aryl methyl sites for hydroxylation is 1. The van der Waals surface area contributed by atoms with Crippen LogP contribution in [0.5, 0.6) is 0 Å². The predicted molar refractivity (Wildman–Crippen MR) is 145 cm³/mol. The largest absolute Gasteiger partial charge is 0.392 e. The van der Waals surface area contributed by atoms with Crippen LogP contribution in [0, 0.1) is 35.0 Å². The summed E-state index contributed by atoms with van der Waals surface area (Å²) in [6.07, 6.45) is 0.0300. The Morgan fingerprint density at radius 3 is 2.12 bits per heavy atom. The number of nitrogens with zero attached hydrogens (tertiary/aromatic N) is 3. The molecule has 0 unspecified atom stereocenters. The van der Waals surface area contributed by atoms with Gasteiger partial charge in [-0.2, -0.15) is 0 Å². The second-order valence-electron chi connectivity index (χ2n) is 9.88. The summed E-state index contributed by atoms with van der Waals surface area (Å²) in [6, 6.07) is 13.2. The van der Waals surface area contributed by atoms with Crippen molar-refractivity contribution in [3.63, 3.8) is 0 Å². The molecule has 5 rings (SSSR count). The number of hydrogen-bond donors (Lipinski definition) is 2. The first-order valence-electron chi connectivity index (χ1n) is 13.0. The highest BCUT2D eigenvalue weighted by molar-refractivity contribution is 7.99. The highest BCUT2D eigenvalue weighted by Crippen LogP contribution is 2.43. The smallest absolute Gasteiger partial charge is 0.261 e. The Morgan fingerprint density at radius 2 is 1.53 bits per heavy atom. The van der Waals surface area contributed by atoms with Gasteiger partial charge in [0.15, 0.2) is 34.7 Å². The first-order chi connectivity index (χ1) is 20.6. The number of aliphatic hydroxyl groups excluding tert-OH is 1. The van der Waals surface area contributed by atoms with Gasteiger partial charge in [0.05, 0.1) is 18.8 Å². The lowest BCUT2D eigenvalue weighted by molar-refractivity contribution is -0.268. The number of nitrogens with one attached hydrogen (secondary N) is 1. The van der Waals surface area contributed by atoms with E-state index in [0.717, 1.165) is 11.1 Å². The van der Waals surface area contributed by atoms with Gasteiger partial charge < -0.3 is 24.5 Å². The number of rotatable bonds is 8. The normalized spacial score (nSPS) is 20.3. The molecule has 1 fully saturated rings. The molecule has 0 radical (unpaired) electrons. The van der Waals surface area contributed by atoms with Crippen molar-refractivity contribution in [2.45, 2.75) is 37.2 Å². The van der Waals surface area contributed by atoms with Crippen molar-refractivity contribution in [2.75, 3.05) is 11.1 Å². The van der Waals surface area contributed by atoms with Crippen molar-refractivity contribution in [1.29, 1.82) is 0 Å². The lowest BCUT2D eigenvalue weighted by Crippen LogP contribution is -2.38. The molecule has 0 saturated carbocycles. The number of thioether (sulfide) groups is 1. The van der Waals surface area contributed by atoms with Crippen LogP contribution in [0.15, 0.2) is 60.0 Å². The van der Waals surface area contributed by atoms with E-state index in [-0.39, 0.29) is 24.3 Å². The number of anilines is 1. The third kappa shape index (κ3) is 6.27. The minimum Gasteiger partial charge on any atom is -0.392 e. The van der Waals surface area contributed by atoms with E-state index >= 15 is 0 Å². The molecular weight excluding hydrogens is 595 g/mol. The fourth-order valence-corrected chi connectivity index (χ4v) is 5.64. The Hall–Kier alpha value is -3.85. The minimum absolute atomic E-state index is 0.0346. The summed E-state index contributed by atoms with van der Waals surface area (Å²) >= 11 is 1.47. The topological polar surface area (TPSA) is 98.5 Å². The van der Waals surface area contributed by atoms with Gasteiger partial charge in [0, 0.05) is 30.0 Å². The highest BCUT2D eigenvalue weighted by atomic mass is 32.2. The molecule has 43 heavy (non-hydrogen) atoms. The van der Waals surface area contributed by atoms with Gasteiger partial charge in [0.2, 0.25) is 5.82 Å². The van der Waals surface area contributed by atoms with Gasteiger partial charge in [-0.3, -0.25) is 4.79 Å².